The van der Waals surface area contributed by atoms with E-state index in [-0.39, 0.29) is 0 Å². The summed E-state index contributed by atoms with van der Waals surface area (Å²) in [6, 6.07) is 14.9. The molecule has 2 heterocycles. The summed E-state index contributed by atoms with van der Waals surface area (Å²) in [6.45, 7) is 4.05. The average Bonchev–Trinajstić information content (AvgIpc) is 3.23. The third-order valence-electron chi connectivity index (χ3n) is 4.85. The zero-order valence-electron chi connectivity index (χ0n) is 17.0. The van der Waals surface area contributed by atoms with E-state index in [0.29, 0.717) is 28.4 Å². The fourth-order valence-corrected chi connectivity index (χ4v) is 3.31. The summed E-state index contributed by atoms with van der Waals surface area (Å²) in [4.78, 5) is 1.75. The van der Waals surface area contributed by atoms with Crippen LogP contribution in [0.1, 0.15) is 11.3 Å². The summed E-state index contributed by atoms with van der Waals surface area (Å²) in [6.07, 6.45) is 0.527. The van der Waals surface area contributed by atoms with Crippen molar-refractivity contribution in [3.05, 3.63) is 96.5 Å². The topological polar surface area (TPSA) is 36.7 Å². The quantitative estimate of drug-likeness (QED) is 0.575. The lowest BCUT2D eigenvalue weighted by atomic mass is 10.1. The van der Waals surface area contributed by atoms with E-state index in [1.54, 1.807) is 48.2 Å². The Labute approximate surface area is 178 Å². The lowest BCUT2D eigenvalue weighted by molar-refractivity contribution is -0.137. The molecule has 8 heteroatoms. The third-order valence-corrected chi connectivity index (χ3v) is 4.85. The summed E-state index contributed by atoms with van der Waals surface area (Å²) in [5.74, 6) is 0. The number of anilines is 2. The molecule has 1 aliphatic heterocycles. The minimum absolute atomic E-state index is 0.312. The molecule has 0 unspecified atom stereocenters. The van der Waals surface area contributed by atoms with Crippen LogP contribution < -0.4 is 9.91 Å². The zero-order chi connectivity index (χ0) is 22.2. The van der Waals surface area contributed by atoms with Crippen LogP contribution in [-0.2, 0) is 6.18 Å². The van der Waals surface area contributed by atoms with Gasteiger partial charge in [-0.25, -0.2) is 9.69 Å². The molecule has 0 bridgehead atoms. The predicted octanol–water partition coefficient (Wildman–Crippen LogP) is 5.25. The van der Waals surface area contributed by atoms with E-state index in [0.717, 1.165) is 17.8 Å². The molecule has 5 nitrogen and oxygen atoms in total. The van der Waals surface area contributed by atoms with E-state index in [4.69, 9.17) is 0 Å². The molecular weight excluding hydrogens is 403 g/mol. The van der Waals surface area contributed by atoms with Crippen molar-refractivity contribution < 1.29 is 13.2 Å². The average molecular weight is 423 g/mol. The number of halogens is 3. The lowest BCUT2D eigenvalue weighted by Gasteiger charge is -2.27. The fourth-order valence-electron chi connectivity index (χ4n) is 3.31. The Morgan fingerprint density at radius 3 is 2.42 bits per heavy atom. The SMILES string of the molecule is C=C1C=CN(c2cc(C(F)(F)F)ccc2N(C)C)N=C1c1ccnn1-c1ccccc1. The van der Waals surface area contributed by atoms with Crippen LogP contribution in [-0.4, -0.2) is 29.6 Å². The first-order valence-electron chi connectivity index (χ1n) is 9.49. The molecule has 0 atom stereocenters. The lowest BCUT2D eigenvalue weighted by Crippen LogP contribution is -2.23. The summed E-state index contributed by atoms with van der Waals surface area (Å²) in [5, 5.41) is 10.5. The predicted molar refractivity (Wildman–Crippen MR) is 117 cm³/mol. The van der Waals surface area contributed by atoms with Gasteiger partial charge in [0.05, 0.1) is 34.5 Å². The molecule has 0 saturated carbocycles. The Bertz CT molecular complexity index is 1170. The molecule has 2 aromatic carbocycles. The van der Waals surface area contributed by atoms with Crippen molar-refractivity contribution in [1.29, 1.82) is 0 Å². The maximum absolute atomic E-state index is 13.4. The number of rotatable bonds is 4. The maximum atomic E-state index is 13.4. The summed E-state index contributed by atoms with van der Waals surface area (Å²) < 4.78 is 41.8. The Hall–Kier alpha value is -3.81. The minimum Gasteiger partial charge on any atom is -0.376 e. The number of allylic oxidation sites excluding steroid dienone is 2. The molecule has 3 aromatic rings. The summed E-state index contributed by atoms with van der Waals surface area (Å²) in [7, 11) is 3.54. The first-order chi connectivity index (χ1) is 14.8. The fraction of sp³-hybridized carbons (Fsp3) is 0.130. The smallest absolute Gasteiger partial charge is 0.376 e. The molecule has 0 amide bonds. The van der Waals surface area contributed by atoms with Crippen LogP contribution in [0.3, 0.4) is 0 Å². The van der Waals surface area contributed by atoms with Gasteiger partial charge in [-0.2, -0.15) is 23.4 Å². The van der Waals surface area contributed by atoms with E-state index in [2.05, 4.69) is 16.8 Å². The number of alkyl halides is 3. The van der Waals surface area contributed by atoms with E-state index in [1.807, 2.05) is 30.3 Å². The second-order valence-electron chi connectivity index (χ2n) is 7.19. The maximum Gasteiger partial charge on any atom is 0.416 e. The second-order valence-corrected chi connectivity index (χ2v) is 7.19. The summed E-state index contributed by atoms with van der Waals surface area (Å²) in [5.41, 5.74) is 2.85. The van der Waals surface area contributed by atoms with Gasteiger partial charge in [0.15, 0.2) is 0 Å². The van der Waals surface area contributed by atoms with E-state index >= 15 is 0 Å². The van der Waals surface area contributed by atoms with Gasteiger partial charge in [-0.3, -0.25) is 0 Å². The van der Waals surface area contributed by atoms with Crippen LogP contribution in [0.4, 0.5) is 24.5 Å². The van der Waals surface area contributed by atoms with Crippen LogP contribution >= 0.6 is 0 Å². The van der Waals surface area contributed by atoms with Crippen LogP contribution in [0.5, 0.6) is 0 Å². The van der Waals surface area contributed by atoms with Crippen LogP contribution in [0.15, 0.2) is 90.3 Å². The van der Waals surface area contributed by atoms with Crippen molar-refractivity contribution >= 4 is 17.1 Å². The van der Waals surface area contributed by atoms with Gasteiger partial charge in [0.1, 0.15) is 5.71 Å². The van der Waals surface area contributed by atoms with E-state index in [9.17, 15) is 13.2 Å². The molecule has 0 saturated heterocycles. The highest BCUT2D eigenvalue weighted by molar-refractivity contribution is 6.14. The molecule has 0 aliphatic carbocycles. The van der Waals surface area contributed by atoms with Gasteiger partial charge in [0.25, 0.3) is 0 Å². The number of aromatic nitrogens is 2. The third kappa shape index (κ3) is 3.96. The number of hydrogen-bond acceptors (Lipinski definition) is 4. The van der Waals surface area contributed by atoms with Crippen LogP contribution in [0.25, 0.3) is 5.69 Å². The monoisotopic (exact) mass is 423 g/mol. The van der Waals surface area contributed by atoms with E-state index < -0.39 is 11.7 Å². The molecule has 0 radical (unpaired) electrons. The second kappa shape index (κ2) is 7.79. The van der Waals surface area contributed by atoms with Gasteiger partial charge in [0, 0.05) is 20.3 Å². The highest BCUT2D eigenvalue weighted by atomic mass is 19.4. The Balaban J connectivity index is 1.82. The van der Waals surface area contributed by atoms with Gasteiger partial charge >= 0.3 is 6.18 Å². The molecule has 0 N–H and O–H groups in total. The Kier molecular flexibility index (Phi) is 5.14. The zero-order valence-corrected chi connectivity index (χ0v) is 17.0. The number of para-hydroxylation sites is 1. The van der Waals surface area contributed by atoms with Crippen molar-refractivity contribution in [3.63, 3.8) is 0 Å². The minimum atomic E-state index is -4.46. The van der Waals surface area contributed by atoms with Crippen molar-refractivity contribution in [2.45, 2.75) is 6.18 Å². The molecule has 0 spiro atoms. The number of hydrogen-bond donors (Lipinski definition) is 0. The summed E-state index contributed by atoms with van der Waals surface area (Å²) >= 11 is 0. The normalized spacial score (nSPS) is 14.0. The molecule has 0 fully saturated rings. The first-order valence-corrected chi connectivity index (χ1v) is 9.49. The number of nitrogens with zero attached hydrogens (tertiary/aromatic N) is 5. The molecule has 31 heavy (non-hydrogen) atoms. The van der Waals surface area contributed by atoms with Crippen molar-refractivity contribution in [3.8, 4) is 5.69 Å². The molecular formula is C23H20F3N5. The molecule has 1 aromatic heterocycles. The first kappa shape index (κ1) is 20.5. The van der Waals surface area contributed by atoms with Gasteiger partial charge < -0.3 is 4.90 Å². The van der Waals surface area contributed by atoms with Gasteiger partial charge in [-0.05, 0) is 48.0 Å². The van der Waals surface area contributed by atoms with Gasteiger partial charge in [-0.15, -0.1) is 0 Å². The van der Waals surface area contributed by atoms with Gasteiger partial charge in [0.2, 0.25) is 0 Å². The van der Waals surface area contributed by atoms with Crippen molar-refractivity contribution in [1.82, 2.24) is 9.78 Å². The largest absolute Gasteiger partial charge is 0.416 e. The van der Waals surface area contributed by atoms with Crippen LogP contribution in [0.2, 0.25) is 0 Å². The Morgan fingerprint density at radius 2 is 1.74 bits per heavy atom. The van der Waals surface area contributed by atoms with Crippen molar-refractivity contribution in [2.24, 2.45) is 5.10 Å². The highest BCUT2D eigenvalue weighted by Crippen LogP contribution is 2.38. The number of benzene rings is 2. The standard InChI is InChI=1S/C23H20F3N5/c1-16-12-14-30(21-15-17(23(24,25)26)9-10-19(21)29(2)3)28-22(16)20-11-13-27-31(20)18-7-5-4-6-8-18/h4-15H,1H2,2-3H3. The van der Waals surface area contributed by atoms with Crippen molar-refractivity contribution in [2.75, 3.05) is 24.0 Å². The highest BCUT2D eigenvalue weighted by Gasteiger charge is 2.32. The molecule has 4 rings (SSSR count). The van der Waals surface area contributed by atoms with Gasteiger partial charge in [-0.1, -0.05) is 24.8 Å². The van der Waals surface area contributed by atoms with Crippen LogP contribution in [0, 0.1) is 0 Å². The molecule has 1 aliphatic rings. The molecule has 158 valence electrons. The van der Waals surface area contributed by atoms with E-state index in [1.165, 1.54) is 11.1 Å². The number of hydrazone groups is 1. The Morgan fingerprint density at radius 1 is 1.00 bits per heavy atom.